The van der Waals surface area contributed by atoms with Gasteiger partial charge in [-0.2, -0.15) is 0 Å². The van der Waals surface area contributed by atoms with Crippen molar-refractivity contribution in [2.24, 2.45) is 0 Å². The molecule has 0 heterocycles. The second kappa shape index (κ2) is 8.66. The van der Waals surface area contributed by atoms with Crippen LogP contribution in [0.1, 0.15) is 95.9 Å². The zero-order valence-electron chi connectivity index (χ0n) is 18.7. The molecule has 152 valence electrons. The predicted octanol–water partition coefficient (Wildman–Crippen LogP) is 5.61. The molecule has 5 heteroatoms. The van der Waals surface area contributed by atoms with E-state index in [1.54, 1.807) is 0 Å². The van der Waals surface area contributed by atoms with Gasteiger partial charge in [-0.1, -0.05) is 0 Å². The highest BCUT2D eigenvalue weighted by Gasteiger charge is 2.35. The first-order valence-corrected chi connectivity index (χ1v) is 9.20. The standard InChI is InChI=1S/C20H42O5/c1-16(2,3)21-15-20(12,25-23-18(7,8)9)14-13-19(10,11)24-22-17(4,5)6/h13-15H2,1-12H3. The summed E-state index contributed by atoms with van der Waals surface area (Å²) in [6.07, 6.45) is 1.44. The molecule has 0 rings (SSSR count). The van der Waals surface area contributed by atoms with Crippen LogP contribution in [-0.4, -0.2) is 34.6 Å². The Morgan fingerprint density at radius 2 is 0.920 bits per heavy atom. The minimum atomic E-state index is -0.580. The molecule has 0 aromatic carbocycles. The molecular formula is C20H42O5. The van der Waals surface area contributed by atoms with E-state index < -0.39 is 11.2 Å². The van der Waals surface area contributed by atoms with E-state index in [0.717, 1.165) is 6.42 Å². The van der Waals surface area contributed by atoms with Crippen molar-refractivity contribution in [2.45, 2.75) is 124 Å². The fraction of sp³-hybridized carbons (Fsp3) is 1.00. The molecule has 1 unspecified atom stereocenters. The fourth-order valence-electron chi connectivity index (χ4n) is 1.58. The molecule has 0 bridgehead atoms. The summed E-state index contributed by atoms with van der Waals surface area (Å²) in [5.41, 5.74) is -2.00. The topological polar surface area (TPSA) is 46.2 Å². The largest absolute Gasteiger partial charge is 0.373 e. The zero-order valence-corrected chi connectivity index (χ0v) is 18.7. The van der Waals surface area contributed by atoms with Crippen molar-refractivity contribution in [1.29, 1.82) is 0 Å². The van der Waals surface area contributed by atoms with Gasteiger partial charge >= 0.3 is 0 Å². The maximum absolute atomic E-state index is 5.96. The normalized spacial score (nSPS) is 16.8. The highest BCUT2D eigenvalue weighted by atomic mass is 17.2. The highest BCUT2D eigenvalue weighted by Crippen LogP contribution is 2.29. The van der Waals surface area contributed by atoms with E-state index in [0.29, 0.717) is 13.0 Å². The van der Waals surface area contributed by atoms with Crippen LogP contribution in [-0.2, 0) is 24.3 Å². The smallest absolute Gasteiger partial charge is 0.124 e. The lowest BCUT2D eigenvalue weighted by Gasteiger charge is -2.36. The predicted molar refractivity (Wildman–Crippen MR) is 101 cm³/mol. The summed E-state index contributed by atoms with van der Waals surface area (Å²) >= 11 is 0. The SMILES string of the molecule is CC(C)(C)OCC(C)(CCC(C)(C)OOC(C)(C)C)OOC(C)(C)C. The average Bonchev–Trinajstić information content (AvgIpc) is 2.37. The van der Waals surface area contributed by atoms with Crippen LogP contribution >= 0.6 is 0 Å². The summed E-state index contributed by atoms with van der Waals surface area (Å²) in [6.45, 7) is 24.3. The van der Waals surface area contributed by atoms with Crippen molar-refractivity contribution in [3.63, 3.8) is 0 Å². The Morgan fingerprint density at radius 1 is 0.480 bits per heavy atom. The molecule has 0 fully saturated rings. The number of hydrogen-bond acceptors (Lipinski definition) is 5. The van der Waals surface area contributed by atoms with Crippen molar-refractivity contribution in [1.82, 2.24) is 0 Å². The van der Waals surface area contributed by atoms with Crippen LogP contribution in [0.5, 0.6) is 0 Å². The number of ether oxygens (including phenoxy) is 1. The molecule has 25 heavy (non-hydrogen) atoms. The highest BCUT2D eigenvalue weighted by molar-refractivity contribution is 4.80. The Kier molecular flexibility index (Phi) is 8.59. The lowest BCUT2D eigenvalue weighted by atomic mass is 9.93. The molecule has 1 atom stereocenters. The van der Waals surface area contributed by atoms with E-state index in [2.05, 4.69) is 0 Å². The van der Waals surface area contributed by atoms with Gasteiger partial charge in [0.2, 0.25) is 0 Å². The molecule has 0 spiro atoms. The molecule has 0 amide bonds. The van der Waals surface area contributed by atoms with Gasteiger partial charge in [0.05, 0.1) is 29.0 Å². The van der Waals surface area contributed by atoms with Gasteiger partial charge in [-0.25, -0.2) is 19.6 Å². The minimum absolute atomic E-state index is 0.242. The second-order valence-corrected chi connectivity index (χ2v) is 10.7. The Bertz CT molecular complexity index is 364. The van der Waals surface area contributed by atoms with Crippen LogP contribution in [0.15, 0.2) is 0 Å². The Balaban J connectivity index is 4.85. The van der Waals surface area contributed by atoms with Gasteiger partial charge in [0, 0.05) is 0 Å². The summed E-state index contributed by atoms with van der Waals surface area (Å²) < 4.78 is 5.96. The Morgan fingerprint density at radius 3 is 1.32 bits per heavy atom. The van der Waals surface area contributed by atoms with E-state index in [1.807, 2.05) is 83.1 Å². The van der Waals surface area contributed by atoms with Crippen molar-refractivity contribution in [2.75, 3.05) is 6.61 Å². The van der Waals surface area contributed by atoms with Crippen molar-refractivity contribution in [3.8, 4) is 0 Å². The monoisotopic (exact) mass is 362 g/mol. The lowest BCUT2D eigenvalue weighted by molar-refractivity contribution is -0.417. The number of hydrogen-bond donors (Lipinski definition) is 0. The van der Waals surface area contributed by atoms with Gasteiger partial charge < -0.3 is 4.74 Å². The molecule has 0 aromatic rings. The number of rotatable bonds is 9. The summed E-state index contributed by atoms with van der Waals surface area (Å²) in [5, 5.41) is 0. The first-order chi connectivity index (χ1) is 10.8. The van der Waals surface area contributed by atoms with Crippen LogP contribution < -0.4 is 0 Å². The molecule has 5 nitrogen and oxygen atoms in total. The van der Waals surface area contributed by atoms with Crippen molar-refractivity contribution in [3.05, 3.63) is 0 Å². The van der Waals surface area contributed by atoms with Crippen LogP contribution in [0.4, 0.5) is 0 Å². The molecule has 0 aliphatic heterocycles. The lowest BCUT2D eigenvalue weighted by Crippen LogP contribution is -2.42. The van der Waals surface area contributed by atoms with Gasteiger partial charge in [-0.15, -0.1) is 0 Å². The first-order valence-electron chi connectivity index (χ1n) is 9.20. The minimum Gasteiger partial charge on any atom is -0.373 e. The van der Waals surface area contributed by atoms with Crippen molar-refractivity contribution >= 4 is 0 Å². The van der Waals surface area contributed by atoms with E-state index in [1.165, 1.54) is 0 Å². The summed E-state index contributed by atoms with van der Waals surface area (Å²) in [4.78, 5) is 22.5. The Labute approximate surface area is 155 Å². The fourth-order valence-corrected chi connectivity index (χ4v) is 1.58. The summed E-state index contributed by atoms with van der Waals surface area (Å²) in [6, 6.07) is 0. The van der Waals surface area contributed by atoms with E-state index >= 15 is 0 Å². The average molecular weight is 363 g/mol. The van der Waals surface area contributed by atoms with Gasteiger partial charge in [-0.3, -0.25) is 0 Å². The third kappa shape index (κ3) is 14.6. The van der Waals surface area contributed by atoms with Crippen LogP contribution in [0.2, 0.25) is 0 Å². The van der Waals surface area contributed by atoms with Crippen LogP contribution in [0, 0.1) is 0 Å². The molecule has 0 aliphatic carbocycles. The summed E-state index contributed by atoms with van der Waals surface area (Å²) in [7, 11) is 0. The van der Waals surface area contributed by atoms with Crippen LogP contribution in [0.3, 0.4) is 0 Å². The molecule has 0 saturated carbocycles. The first kappa shape index (κ1) is 24.8. The van der Waals surface area contributed by atoms with Gasteiger partial charge in [0.15, 0.2) is 0 Å². The molecule has 0 N–H and O–H groups in total. The quantitative estimate of drug-likeness (QED) is 0.394. The zero-order chi connectivity index (χ0) is 20.2. The third-order valence-corrected chi connectivity index (χ3v) is 3.08. The van der Waals surface area contributed by atoms with Gasteiger partial charge in [-0.05, 0) is 95.9 Å². The van der Waals surface area contributed by atoms with E-state index in [-0.39, 0.29) is 16.8 Å². The maximum atomic E-state index is 5.96. The van der Waals surface area contributed by atoms with Gasteiger partial charge in [0.1, 0.15) is 5.60 Å². The molecular weight excluding hydrogens is 320 g/mol. The van der Waals surface area contributed by atoms with E-state index in [4.69, 9.17) is 24.3 Å². The van der Waals surface area contributed by atoms with Crippen LogP contribution in [0.25, 0.3) is 0 Å². The summed E-state index contributed by atoms with van der Waals surface area (Å²) in [5.74, 6) is 0. The molecule has 0 saturated heterocycles. The molecule has 0 aromatic heterocycles. The third-order valence-electron chi connectivity index (χ3n) is 3.08. The second-order valence-electron chi connectivity index (χ2n) is 10.7. The van der Waals surface area contributed by atoms with E-state index in [9.17, 15) is 0 Å². The maximum Gasteiger partial charge on any atom is 0.124 e. The van der Waals surface area contributed by atoms with Crippen molar-refractivity contribution < 1.29 is 24.3 Å². The molecule has 0 radical (unpaired) electrons. The molecule has 0 aliphatic rings. The van der Waals surface area contributed by atoms with Gasteiger partial charge in [0.25, 0.3) is 0 Å². The Hall–Kier alpha value is -0.200.